The first-order valence-electron chi connectivity index (χ1n) is 9.03. The van der Waals surface area contributed by atoms with Crippen molar-refractivity contribution in [1.82, 2.24) is 20.0 Å². The summed E-state index contributed by atoms with van der Waals surface area (Å²) in [5, 5.41) is 8.52. The number of hydrogen-bond donors (Lipinski definition) is 2. The lowest BCUT2D eigenvalue weighted by atomic mass is 10.2. The van der Waals surface area contributed by atoms with Gasteiger partial charge in [0.1, 0.15) is 17.7 Å². The highest BCUT2D eigenvalue weighted by Gasteiger charge is 2.10. The van der Waals surface area contributed by atoms with Gasteiger partial charge in [0.2, 0.25) is 0 Å². The second-order valence-electron chi connectivity index (χ2n) is 6.01. The van der Waals surface area contributed by atoms with Gasteiger partial charge in [-0.25, -0.2) is 14.4 Å². The van der Waals surface area contributed by atoms with Gasteiger partial charge in [-0.15, -0.1) is 35.3 Å². The number of nitrogens with one attached hydrogen (secondary N) is 2. The minimum Gasteiger partial charge on any atom is -0.489 e. The fourth-order valence-electron chi connectivity index (χ4n) is 2.57. The smallest absolute Gasteiger partial charge is 0.193 e. The molecule has 0 bridgehead atoms. The highest BCUT2D eigenvalue weighted by Crippen LogP contribution is 2.15. The lowest BCUT2D eigenvalue weighted by Crippen LogP contribution is -2.42. The third kappa shape index (κ3) is 6.33. The minimum absolute atomic E-state index is 0. The van der Waals surface area contributed by atoms with Crippen LogP contribution in [0.3, 0.4) is 0 Å². The number of aromatic nitrogens is 2. The van der Waals surface area contributed by atoms with Gasteiger partial charge in [0.25, 0.3) is 0 Å². The molecule has 1 unspecified atom stereocenters. The van der Waals surface area contributed by atoms with E-state index < -0.39 is 0 Å². The minimum atomic E-state index is -0.301. The number of rotatable bonds is 8. The van der Waals surface area contributed by atoms with E-state index in [0.29, 0.717) is 24.8 Å². The van der Waals surface area contributed by atoms with Crippen molar-refractivity contribution in [2.45, 2.75) is 32.9 Å². The Kier molecular flexibility index (Phi) is 8.97. The molecule has 0 radical (unpaired) electrons. The maximum atomic E-state index is 13.3. The van der Waals surface area contributed by atoms with Gasteiger partial charge in [0, 0.05) is 30.4 Å². The number of guanidine groups is 1. The van der Waals surface area contributed by atoms with Gasteiger partial charge in [0.15, 0.2) is 10.9 Å². The Morgan fingerprint density at radius 3 is 2.93 bits per heavy atom. The molecule has 152 valence electrons. The van der Waals surface area contributed by atoms with Crippen LogP contribution in [0.1, 0.15) is 26.0 Å². The third-order valence-corrected chi connectivity index (χ3v) is 4.71. The van der Waals surface area contributed by atoms with Crippen LogP contribution >= 0.6 is 35.3 Å². The third-order valence-electron chi connectivity index (χ3n) is 3.94. The summed E-state index contributed by atoms with van der Waals surface area (Å²) in [5.41, 5.74) is 0.919. The van der Waals surface area contributed by atoms with Crippen LogP contribution in [0.2, 0.25) is 0 Å². The summed E-state index contributed by atoms with van der Waals surface area (Å²) in [5.74, 6) is 0.934. The fraction of sp³-hybridized carbons (Fsp3) is 0.368. The molecule has 3 aromatic rings. The van der Waals surface area contributed by atoms with Gasteiger partial charge in [-0.3, -0.25) is 4.40 Å². The zero-order valence-corrected chi connectivity index (χ0v) is 19.0. The molecule has 1 atom stereocenters. The van der Waals surface area contributed by atoms with Crippen LogP contribution in [0.5, 0.6) is 5.75 Å². The maximum absolute atomic E-state index is 13.3. The van der Waals surface area contributed by atoms with E-state index in [-0.39, 0.29) is 35.9 Å². The van der Waals surface area contributed by atoms with Crippen LogP contribution in [-0.4, -0.2) is 34.5 Å². The Morgan fingerprint density at radius 1 is 1.36 bits per heavy atom. The van der Waals surface area contributed by atoms with Crippen LogP contribution in [-0.2, 0) is 6.54 Å². The Balaban J connectivity index is 0.00000280. The van der Waals surface area contributed by atoms with Crippen LogP contribution in [0.25, 0.3) is 4.96 Å². The lowest BCUT2D eigenvalue weighted by Gasteiger charge is -2.20. The standard InChI is InChI=1S/C19H24FN5OS.HI/c1-3-16(26-17-7-5-6-14(20)10-17)12-23-18(21-4-2)22-11-15-13-25-8-9-27-19(25)24-15;/h5-10,13,16H,3-4,11-12H2,1-2H3,(H2,21,22,23);1H. The molecule has 2 N–H and O–H groups in total. The van der Waals surface area contributed by atoms with Gasteiger partial charge < -0.3 is 15.4 Å². The zero-order chi connectivity index (χ0) is 19.1. The number of aliphatic imine (C=N–C) groups is 1. The molecule has 6 nitrogen and oxygen atoms in total. The first-order valence-corrected chi connectivity index (χ1v) is 9.91. The van der Waals surface area contributed by atoms with E-state index >= 15 is 0 Å². The lowest BCUT2D eigenvalue weighted by molar-refractivity contribution is 0.198. The molecule has 28 heavy (non-hydrogen) atoms. The summed E-state index contributed by atoms with van der Waals surface area (Å²) in [6, 6.07) is 6.20. The van der Waals surface area contributed by atoms with Gasteiger partial charge in [-0.05, 0) is 25.5 Å². The van der Waals surface area contributed by atoms with Gasteiger partial charge >= 0.3 is 0 Å². The Hall–Kier alpha value is -1.88. The quantitative estimate of drug-likeness (QED) is 0.269. The molecule has 9 heteroatoms. The Morgan fingerprint density at radius 2 is 2.21 bits per heavy atom. The van der Waals surface area contributed by atoms with E-state index in [2.05, 4.69) is 20.6 Å². The fourth-order valence-corrected chi connectivity index (χ4v) is 3.29. The first kappa shape index (κ1) is 22.4. The molecule has 0 saturated heterocycles. The molecule has 0 aliphatic carbocycles. The van der Waals surface area contributed by atoms with Crippen LogP contribution < -0.4 is 15.4 Å². The molecule has 0 aliphatic heterocycles. The Labute approximate surface area is 185 Å². The molecule has 0 fully saturated rings. The molecule has 0 spiro atoms. The highest BCUT2D eigenvalue weighted by molar-refractivity contribution is 14.0. The van der Waals surface area contributed by atoms with E-state index in [9.17, 15) is 4.39 Å². The van der Waals surface area contributed by atoms with Crippen molar-refractivity contribution in [2.24, 2.45) is 4.99 Å². The number of fused-ring (bicyclic) bond motifs is 1. The molecule has 2 aromatic heterocycles. The molecule has 2 heterocycles. The average Bonchev–Trinajstić information content (AvgIpc) is 3.24. The SMILES string of the molecule is CCNC(=NCc1cn2ccsc2n1)NCC(CC)Oc1cccc(F)c1.I. The monoisotopic (exact) mass is 517 g/mol. The topological polar surface area (TPSA) is 63.0 Å². The van der Waals surface area contributed by atoms with E-state index in [1.54, 1.807) is 23.5 Å². The van der Waals surface area contributed by atoms with Crippen LogP contribution in [0.15, 0.2) is 47.0 Å². The first-order chi connectivity index (χ1) is 13.2. The number of benzene rings is 1. The number of imidazole rings is 1. The predicted octanol–water partition coefficient (Wildman–Crippen LogP) is 4.07. The second kappa shape index (κ2) is 11.2. The number of nitrogens with zero attached hydrogens (tertiary/aromatic N) is 3. The largest absolute Gasteiger partial charge is 0.489 e. The predicted molar refractivity (Wildman–Crippen MR) is 122 cm³/mol. The summed E-state index contributed by atoms with van der Waals surface area (Å²) in [7, 11) is 0. The molecule has 0 amide bonds. The van der Waals surface area contributed by atoms with Crippen molar-refractivity contribution in [2.75, 3.05) is 13.1 Å². The van der Waals surface area contributed by atoms with Gasteiger partial charge in [0.05, 0.1) is 18.8 Å². The van der Waals surface area contributed by atoms with Crippen molar-refractivity contribution in [3.63, 3.8) is 0 Å². The van der Waals surface area contributed by atoms with E-state index in [1.807, 2.05) is 36.0 Å². The van der Waals surface area contributed by atoms with Crippen molar-refractivity contribution in [1.29, 1.82) is 0 Å². The van der Waals surface area contributed by atoms with Gasteiger partial charge in [-0.1, -0.05) is 13.0 Å². The maximum Gasteiger partial charge on any atom is 0.193 e. The zero-order valence-electron chi connectivity index (χ0n) is 15.9. The van der Waals surface area contributed by atoms with Crippen molar-refractivity contribution in [3.8, 4) is 5.75 Å². The number of hydrogen-bond acceptors (Lipinski definition) is 4. The Bertz CT molecular complexity index is 869. The van der Waals surface area contributed by atoms with E-state index in [1.165, 1.54) is 12.1 Å². The van der Waals surface area contributed by atoms with Crippen LogP contribution in [0, 0.1) is 5.82 Å². The summed E-state index contributed by atoms with van der Waals surface area (Å²) in [4.78, 5) is 10.1. The van der Waals surface area contributed by atoms with Gasteiger partial charge in [-0.2, -0.15) is 0 Å². The van der Waals surface area contributed by atoms with Crippen LogP contribution in [0.4, 0.5) is 4.39 Å². The van der Waals surface area contributed by atoms with Crippen molar-refractivity contribution < 1.29 is 9.13 Å². The van der Waals surface area contributed by atoms with E-state index in [4.69, 9.17) is 4.74 Å². The number of halogens is 2. The molecule has 3 rings (SSSR count). The molecule has 1 aromatic carbocycles. The molecular weight excluding hydrogens is 492 g/mol. The average molecular weight is 517 g/mol. The molecule has 0 saturated carbocycles. The second-order valence-corrected chi connectivity index (χ2v) is 6.88. The summed E-state index contributed by atoms with van der Waals surface area (Å²) in [6.45, 7) is 5.87. The summed E-state index contributed by atoms with van der Waals surface area (Å²) in [6.07, 6.45) is 4.67. The van der Waals surface area contributed by atoms with Crippen molar-refractivity contribution >= 4 is 46.2 Å². The summed E-state index contributed by atoms with van der Waals surface area (Å²) < 4.78 is 21.2. The summed E-state index contributed by atoms with van der Waals surface area (Å²) >= 11 is 1.60. The highest BCUT2D eigenvalue weighted by atomic mass is 127. The molecular formula is C19H25FIN5OS. The number of ether oxygens (including phenoxy) is 1. The van der Waals surface area contributed by atoms with E-state index in [0.717, 1.165) is 23.6 Å². The van der Waals surface area contributed by atoms with Crippen molar-refractivity contribution in [3.05, 3.63) is 53.6 Å². The normalized spacial score (nSPS) is 12.5. The molecule has 0 aliphatic rings. The number of thiazole rings is 1.